The highest BCUT2D eigenvalue weighted by molar-refractivity contribution is 14.1. The average molecular weight is 404 g/mol. The van der Waals surface area contributed by atoms with Crippen LogP contribution in [0.4, 0.5) is 5.69 Å². The zero-order chi connectivity index (χ0) is 16.0. The smallest absolute Gasteiger partial charge is 0.270 e. The van der Waals surface area contributed by atoms with E-state index in [0.29, 0.717) is 15.1 Å². The molecule has 1 N–H and O–H groups in total. The molecule has 0 aliphatic heterocycles. The molecule has 0 heterocycles. The van der Waals surface area contributed by atoms with E-state index in [9.17, 15) is 14.9 Å². The Morgan fingerprint density at radius 2 is 2.00 bits per heavy atom. The van der Waals surface area contributed by atoms with Crippen molar-refractivity contribution < 1.29 is 9.72 Å². The monoisotopic (exact) mass is 404 g/mol. The number of rotatable bonds is 7. The Labute approximate surface area is 138 Å². The van der Waals surface area contributed by atoms with Crippen molar-refractivity contribution in [3.8, 4) is 0 Å². The number of hydrogen-bond acceptors (Lipinski definition) is 3. The van der Waals surface area contributed by atoms with Crippen LogP contribution in [0, 0.1) is 19.6 Å². The average Bonchev–Trinajstić information content (AvgIpc) is 2.38. The van der Waals surface area contributed by atoms with E-state index >= 15 is 0 Å². The molecule has 0 aliphatic carbocycles. The third kappa shape index (κ3) is 5.99. The molecule has 0 saturated heterocycles. The molecule has 0 aliphatic rings. The summed E-state index contributed by atoms with van der Waals surface area (Å²) in [7, 11) is 0. The van der Waals surface area contributed by atoms with Crippen molar-refractivity contribution in [2.24, 2.45) is 5.92 Å². The van der Waals surface area contributed by atoms with Crippen LogP contribution in [0.25, 0.3) is 0 Å². The Balaban J connectivity index is 2.66. The van der Waals surface area contributed by atoms with Gasteiger partial charge in [0.25, 0.3) is 11.6 Å². The Morgan fingerprint density at radius 3 is 2.57 bits per heavy atom. The molecule has 1 unspecified atom stereocenters. The van der Waals surface area contributed by atoms with Crippen LogP contribution in [0.2, 0.25) is 0 Å². The van der Waals surface area contributed by atoms with Gasteiger partial charge in [-0.3, -0.25) is 14.9 Å². The Kier molecular flexibility index (Phi) is 7.07. The lowest BCUT2D eigenvalue weighted by molar-refractivity contribution is -0.384. The highest BCUT2D eigenvalue weighted by Crippen LogP contribution is 2.20. The number of benzene rings is 1. The molecule has 0 aromatic heterocycles. The Morgan fingerprint density at radius 1 is 1.33 bits per heavy atom. The van der Waals surface area contributed by atoms with Gasteiger partial charge in [-0.2, -0.15) is 0 Å². The predicted octanol–water partition coefficient (Wildman–Crippen LogP) is 4.14. The van der Waals surface area contributed by atoms with Gasteiger partial charge in [0.1, 0.15) is 0 Å². The molecule has 21 heavy (non-hydrogen) atoms. The standard InChI is InChI=1S/C15H21IN2O3/c1-10(2)5-4-6-11(3)17-15(19)13-9-12(18(20)21)7-8-14(13)16/h7-11H,4-6H2,1-3H3,(H,17,19). The van der Waals surface area contributed by atoms with Crippen molar-refractivity contribution in [2.45, 2.75) is 46.1 Å². The molecule has 116 valence electrons. The normalized spacial score (nSPS) is 12.2. The predicted molar refractivity (Wildman–Crippen MR) is 91.4 cm³/mol. The fourth-order valence-electron chi connectivity index (χ4n) is 2.01. The first-order chi connectivity index (χ1) is 9.81. The number of non-ortho nitro benzene ring substituents is 1. The molecule has 1 aromatic rings. The molecule has 5 nitrogen and oxygen atoms in total. The first-order valence-electron chi connectivity index (χ1n) is 7.06. The number of hydrogen-bond donors (Lipinski definition) is 1. The van der Waals surface area contributed by atoms with E-state index in [0.717, 1.165) is 19.3 Å². The summed E-state index contributed by atoms with van der Waals surface area (Å²) in [6.45, 7) is 6.31. The van der Waals surface area contributed by atoms with Gasteiger partial charge >= 0.3 is 0 Å². The van der Waals surface area contributed by atoms with Gasteiger partial charge in [-0.15, -0.1) is 0 Å². The van der Waals surface area contributed by atoms with Crippen molar-refractivity contribution >= 4 is 34.2 Å². The third-order valence-electron chi connectivity index (χ3n) is 3.20. The van der Waals surface area contributed by atoms with Crippen molar-refractivity contribution in [1.82, 2.24) is 5.32 Å². The van der Waals surface area contributed by atoms with Gasteiger partial charge in [-0.25, -0.2) is 0 Å². The van der Waals surface area contributed by atoms with Gasteiger partial charge in [0.15, 0.2) is 0 Å². The van der Waals surface area contributed by atoms with E-state index < -0.39 is 4.92 Å². The lowest BCUT2D eigenvalue weighted by atomic mass is 10.0. The Bertz CT molecular complexity index is 518. The van der Waals surface area contributed by atoms with Gasteiger partial charge in [-0.05, 0) is 47.9 Å². The van der Waals surface area contributed by atoms with Crippen molar-refractivity contribution in [1.29, 1.82) is 0 Å². The molecule has 6 heteroatoms. The van der Waals surface area contributed by atoms with Crippen LogP contribution in [0.15, 0.2) is 18.2 Å². The lowest BCUT2D eigenvalue weighted by Gasteiger charge is -2.15. The van der Waals surface area contributed by atoms with Crippen molar-refractivity contribution in [3.63, 3.8) is 0 Å². The second-order valence-corrected chi connectivity index (χ2v) is 6.78. The highest BCUT2D eigenvalue weighted by atomic mass is 127. The fourth-order valence-corrected chi connectivity index (χ4v) is 2.59. The van der Waals surface area contributed by atoms with Crippen molar-refractivity contribution in [2.75, 3.05) is 0 Å². The molecule has 0 spiro atoms. The highest BCUT2D eigenvalue weighted by Gasteiger charge is 2.17. The molecule has 0 saturated carbocycles. The van der Waals surface area contributed by atoms with Gasteiger partial charge < -0.3 is 5.32 Å². The van der Waals surface area contributed by atoms with Crippen LogP contribution in [-0.4, -0.2) is 16.9 Å². The first-order valence-corrected chi connectivity index (χ1v) is 8.14. The minimum absolute atomic E-state index is 0.0614. The summed E-state index contributed by atoms with van der Waals surface area (Å²) in [4.78, 5) is 22.5. The van der Waals surface area contributed by atoms with Crippen molar-refractivity contribution in [3.05, 3.63) is 37.4 Å². The van der Waals surface area contributed by atoms with E-state index in [1.807, 2.05) is 29.5 Å². The summed E-state index contributed by atoms with van der Waals surface area (Å²) >= 11 is 2.02. The summed E-state index contributed by atoms with van der Waals surface area (Å²) < 4.78 is 0.713. The molecule has 1 rings (SSSR count). The van der Waals surface area contributed by atoms with Crippen LogP contribution in [-0.2, 0) is 0 Å². The zero-order valence-electron chi connectivity index (χ0n) is 12.6. The van der Waals surface area contributed by atoms with Crippen LogP contribution in [0.5, 0.6) is 0 Å². The SMILES string of the molecule is CC(C)CCCC(C)NC(=O)c1cc([N+](=O)[O-])ccc1I. The summed E-state index contributed by atoms with van der Waals surface area (Å²) in [6.07, 6.45) is 3.11. The number of nitrogens with one attached hydrogen (secondary N) is 1. The lowest BCUT2D eigenvalue weighted by Crippen LogP contribution is -2.33. The van der Waals surface area contributed by atoms with Crippen LogP contribution in [0.1, 0.15) is 50.4 Å². The molecule has 1 atom stereocenters. The molecular formula is C15H21IN2O3. The van der Waals surface area contributed by atoms with E-state index in [4.69, 9.17) is 0 Å². The summed E-state index contributed by atoms with van der Waals surface area (Å²) in [5.41, 5.74) is 0.300. The minimum Gasteiger partial charge on any atom is -0.350 e. The van der Waals surface area contributed by atoms with E-state index in [-0.39, 0.29) is 17.6 Å². The maximum atomic E-state index is 12.2. The van der Waals surface area contributed by atoms with Gasteiger partial charge in [0.05, 0.1) is 10.5 Å². The number of nitrogens with zero attached hydrogens (tertiary/aromatic N) is 1. The maximum Gasteiger partial charge on any atom is 0.270 e. The number of amides is 1. The second-order valence-electron chi connectivity index (χ2n) is 5.62. The number of nitro groups is 1. The van der Waals surface area contributed by atoms with Crippen LogP contribution in [0.3, 0.4) is 0 Å². The number of halogens is 1. The minimum atomic E-state index is -0.487. The van der Waals surface area contributed by atoms with Crippen LogP contribution < -0.4 is 5.32 Å². The van der Waals surface area contributed by atoms with Gasteiger partial charge in [-0.1, -0.05) is 26.7 Å². The van der Waals surface area contributed by atoms with Gasteiger partial charge in [0, 0.05) is 21.7 Å². The number of nitro benzene ring substituents is 1. The summed E-state index contributed by atoms with van der Waals surface area (Å²) in [5, 5.41) is 13.7. The topological polar surface area (TPSA) is 72.2 Å². The fraction of sp³-hybridized carbons (Fsp3) is 0.533. The van der Waals surface area contributed by atoms with Gasteiger partial charge in [0.2, 0.25) is 0 Å². The molecule has 1 aromatic carbocycles. The molecular weight excluding hydrogens is 383 g/mol. The molecule has 0 fully saturated rings. The number of carbonyl (C=O) groups excluding carboxylic acids is 1. The Hall–Kier alpha value is -1.18. The molecule has 0 radical (unpaired) electrons. The van der Waals surface area contributed by atoms with E-state index in [2.05, 4.69) is 19.2 Å². The van der Waals surface area contributed by atoms with Crippen LogP contribution >= 0.6 is 22.6 Å². The van der Waals surface area contributed by atoms with E-state index in [1.54, 1.807) is 6.07 Å². The zero-order valence-corrected chi connectivity index (χ0v) is 14.7. The maximum absolute atomic E-state index is 12.2. The first kappa shape index (κ1) is 17.9. The summed E-state index contributed by atoms with van der Waals surface area (Å²) in [5.74, 6) is 0.408. The molecule has 0 bridgehead atoms. The third-order valence-corrected chi connectivity index (χ3v) is 4.14. The molecule has 1 amide bonds. The second kappa shape index (κ2) is 8.31. The van der Waals surface area contributed by atoms with E-state index in [1.165, 1.54) is 12.1 Å². The largest absolute Gasteiger partial charge is 0.350 e. The quantitative estimate of drug-likeness (QED) is 0.422. The number of carbonyl (C=O) groups is 1. The summed E-state index contributed by atoms with van der Waals surface area (Å²) in [6, 6.07) is 4.39.